The molecule has 196 valence electrons. The van der Waals surface area contributed by atoms with Gasteiger partial charge in [0, 0.05) is 34.7 Å². The molecule has 0 spiro atoms. The van der Waals surface area contributed by atoms with Crippen LogP contribution in [0.25, 0.3) is 22.1 Å². The lowest BCUT2D eigenvalue weighted by molar-refractivity contribution is 0.0911. The fourth-order valence-corrected chi connectivity index (χ4v) is 4.75. The van der Waals surface area contributed by atoms with E-state index < -0.39 is 11.4 Å². The van der Waals surface area contributed by atoms with E-state index in [4.69, 9.17) is 15.9 Å². The van der Waals surface area contributed by atoms with Gasteiger partial charge < -0.3 is 21.2 Å². The topological polar surface area (TPSA) is 111 Å². The average molecular weight is 522 g/mol. The summed E-state index contributed by atoms with van der Waals surface area (Å²) in [7, 11) is 0. The second-order valence-corrected chi connectivity index (χ2v) is 10.0. The molecule has 1 aromatic heterocycles. The Morgan fingerprint density at radius 2 is 1.64 bits per heavy atom. The Morgan fingerprint density at radius 3 is 2.33 bits per heavy atom. The summed E-state index contributed by atoms with van der Waals surface area (Å²) >= 11 is 0. The molecule has 0 unspecified atom stereocenters. The van der Waals surface area contributed by atoms with Gasteiger partial charge in [-0.25, -0.2) is 4.39 Å². The number of halogens is 1. The molecule has 4 aromatic carbocycles. The summed E-state index contributed by atoms with van der Waals surface area (Å²) in [6.07, 6.45) is 0.259. The number of rotatable bonds is 7. The summed E-state index contributed by atoms with van der Waals surface area (Å²) in [6.45, 7) is 3.90. The second-order valence-electron chi connectivity index (χ2n) is 10.0. The molecular weight excluding hydrogens is 493 g/mol. The van der Waals surface area contributed by atoms with Gasteiger partial charge in [0.05, 0.1) is 11.1 Å². The minimum absolute atomic E-state index is 0.229. The molecule has 0 aliphatic heterocycles. The highest BCUT2D eigenvalue weighted by Gasteiger charge is 2.24. The van der Waals surface area contributed by atoms with Crippen molar-refractivity contribution in [3.8, 4) is 11.1 Å². The van der Waals surface area contributed by atoms with Crippen molar-refractivity contribution in [1.29, 1.82) is 0 Å². The number of hydrogen-bond donors (Lipinski definition) is 3. The maximum Gasteiger partial charge on any atom is 0.252 e. The van der Waals surface area contributed by atoms with Crippen LogP contribution in [0.1, 0.15) is 51.5 Å². The van der Waals surface area contributed by atoms with Crippen LogP contribution in [0.3, 0.4) is 0 Å². The molecule has 1 heterocycles. The van der Waals surface area contributed by atoms with Gasteiger partial charge in [-0.05, 0) is 60.9 Å². The lowest BCUT2D eigenvalue weighted by Crippen LogP contribution is -2.40. The van der Waals surface area contributed by atoms with Crippen molar-refractivity contribution in [3.63, 3.8) is 0 Å². The van der Waals surface area contributed by atoms with E-state index in [1.165, 1.54) is 12.1 Å². The number of fused-ring (bicyclic) bond motifs is 1. The van der Waals surface area contributed by atoms with E-state index in [9.17, 15) is 14.0 Å². The number of primary amides is 1. The van der Waals surface area contributed by atoms with Crippen LogP contribution in [0, 0.1) is 5.82 Å². The van der Waals surface area contributed by atoms with E-state index in [0.29, 0.717) is 39.1 Å². The zero-order chi connectivity index (χ0) is 27.7. The number of nitrogens with two attached hydrogens (primary N) is 2. The van der Waals surface area contributed by atoms with Crippen LogP contribution >= 0.6 is 0 Å². The third-order valence-corrected chi connectivity index (χ3v) is 6.81. The van der Waals surface area contributed by atoms with E-state index in [2.05, 4.69) is 5.32 Å². The molecule has 0 aliphatic carbocycles. The predicted molar refractivity (Wildman–Crippen MR) is 151 cm³/mol. The van der Waals surface area contributed by atoms with E-state index >= 15 is 0 Å². The lowest BCUT2D eigenvalue weighted by atomic mass is 9.93. The van der Waals surface area contributed by atoms with Gasteiger partial charge in [0.2, 0.25) is 0 Å². The largest absolute Gasteiger partial charge is 0.460 e. The number of carbonyl (C=O) groups excluding carboxylic acids is 2. The van der Waals surface area contributed by atoms with Gasteiger partial charge in [-0.1, -0.05) is 54.6 Å². The number of anilines is 1. The molecule has 5 rings (SSSR count). The summed E-state index contributed by atoms with van der Waals surface area (Å²) in [4.78, 5) is 25.7. The quantitative estimate of drug-likeness (QED) is 0.222. The highest BCUT2D eigenvalue weighted by molar-refractivity contribution is 6.09. The fraction of sp³-hybridized carbons (Fsp3) is 0.125. The smallest absolute Gasteiger partial charge is 0.252 e. The molecule has 2 amide bonds. The van der Waals surface area contributed by atoms with Gasteiger partial charge in [-0.3, -0.25) is 9.59 Å². The van der Waals surface area contributed by atoms with Crippen LogP contribution in [-0.2, 0) is 12.0 Å². The van der Waals surface area contributed by atoms with E-state index in [1.807, 2.05) is 50.2 Å². The number of furan rings is 1. The van der Waals surface area contributed by atoms with Crippen LogP contribution < -0.4 is 16.8 Å². The van der Waals surface area contributed by atoms with Crippen LogP contribution in [0.15, 0.2) is 95.4 Å². The molecule has 0 aliphatic rings. The van der Waals surface area contributed by atoms with Crippen LogP contribution in [0.4, 0.5) is 10.1 Å². The predicted octanol–water partition coefficient (Wildman–Crippen LogP) is 6.18. The highest BCUT2D eigenvalue weighted by atomic mass is 19.1. The normalized spacial score (nSPS) is 11.5. The third kappa shape index (κ3) is 5.25. The van der Waals surface area contributed by atoms with Crippen molar-refractivity contribution in [2.45, 2.75) is 25.8 Å². The lowest BCUT2D eigenvalue weighted by Gasteiger charge is -2.27. The van der Waals surface area contributed by atoms with E-state index in [1.54, 1.807) is 42.5 Å². The van der Waals surface area contributed by atoms with Gasteiger partial charge in [0.1, 0.15) is 17.2 Å². The van der Waals surface area contributed by atoms with E-state index in [-0.39, 0.29) is 23.7 Å². The van der Waals surface area contributed by atoms with Gasteiger partial charge in [0.15, 0.2) is 0 Å². The van der Waals surface area contributed by atoms with Crippen molar-refractivity contribution in [2.75, 3.05) is 5.73 Å². The summed E-state index contributed by atoms with van der Waals surface area (Å²) in [5, 5.41) is 3.61. The Labute approximate surface area is 225 Å². The van der Waals surface area contributed by atoms with E-state index in [0.717, 1.165) is 11.1 Å². The average Bonchev–Trinajstić information content (AvgIpc) is 3.26. The first-order valence-electron chi connectivity index (χ1n) is 12.5. The molecule has 0 atom stereocenters. The van der Waals surface area contributed by atoms with Gasteiger partial charge >= 0.3 is 0 Å². The maximum atomic E-state index is 13.4. The van der Waals surface area contributed by atoms with Crippen LogP contribution in [-0.4, -0.2) is 11.8 Å². The van der Waals surface area contributed by atoms with Crippen molar-refractivity contribution in [1.82, 2.24) is 5.32 Å². The summed E-state index contributed by atoms with van der Waals surface area (Å²) in [6, 6.07) is 26.2. The first kappa shape index (κ1) is 25.7. The number of nitrogen functional groups attached to an aromatic ring is 1. The van der Waals surface area contributed by atoms with Crippen molar-refractivity contribution in [3.05, 3.63) is 125 Å². The standard InChI is InChI=1S/C32H28FN3O3/c1-32(2,22-9-4-3-5-10-22)36-31(38)21-8-6-7-20(16-21)24-17-25-27(18-26(24)34)39-28(29(25)30(35)37)15-19-11-13-23(33)14-12-19/h3-14,16-18H,15,34H2,1-2H3,(H2,35,37)(H,36,38). The Kier molecular flexibility index (Phi) is 6.66. The molecule has 0 radical (unpaired) electrons. The van der Waals surface area contributed by atoms with Gasteiger partial charge in [-0.15, -0.1) is 0 Å². The zero-order valence-corrected chi connectivity index (χ0v) is 21.6. The molecule has 5 aromatic rings. The number of amides is 2. The Bertz CT molecular complexity index is 1690. The summed E-state index contributed by atoms with van der Waals surface area (Å²) < 4.78 is 19.3. The third-order valence-electron chi connectivity index (χ3n) is 6.81. The summed E-state index contributed by atoms with van der Waals surface area (Å²) in [5.74, 6) is -0.849. The molecule has 7 heteroatoms. The molecule has 0 saturated heterocycles. The van der Waals surface area contributed by atoms with Crippen molar-refractivity contribution in [2.24, 2.45) is 5.73 Å². The molecule has 6 nitrogen and oxygen atoms in total. The number of hydrogen-bond acceptors (Lipinski definition) is 4. The Balaban J connectivity index is 1.50. The first-order chi connectivity index (χ1) is 18.6. The van der Waals surface area contributed by atoms with Crippen LogP contribution in [0.5, 0.6) is 0 Å². The molecule has 39 heavy (non-hydrogen) atoms. The fourth-order valence-electron chi connectivity index (χ4n) is 4.75. The SMILES string of the molecule is CC(C)(NC(=O)c1cccc(-c2cc3c(C(N)=O)c(Cc4ccc(F)cc4)oc3cc2N)c1)c1ccccc1. The minimum atomic E-state index is -0.641. The van der Waals surface area contributed by atoms with Crippen molar-refractivity contribution >= 4 is 28.5 Å². The molecular formula is C32H28FN3O3. The second kappa shape index (κ2) is 10.1. The minimum Gasteiger partial charge on any atom is -0.460 e. The monoisotopic (exact) mass is 521 g/mol. The molecule has 5 N–H and O–H groups in total. The Hall–Kier alpha value is -4.91. The van der Waals surface area contributed by atoms with Crippen LogP contribution in [0.2, 0.25) is 0 Å². The molecule has 0 fully saturated rings. The maximum absolute atomic E-state index is 13.4. The highest BCUT2D eigenvalue weighted by Crippen LogP contribution is 2.36. The van der Waals surface area contributed by atoms with Gasteiger partial charge in [0.25, 0.3) is 11.8 Å². The number of carbonyl (C=O) groups is 2. The molecule has 0 bridgehead atoms. The first-order valence-corrected chi connectivity index (χ1v) is 12.5. The number of nitrogens with one attached hydrogen (secondary N) is 1. The number of benzene rings is 4. The zero-order valence-electron chi connectivity index (χ0n) is 21.6. The van der Waals surface area contributed by atoms with Crippen molar-refractivity contribution < 1.29 is 18.4 Å². The Morgan fingerprint density at radius 1 is 0.923 bits per heavy atom. The molecule has 0 saturated carbocycles. The summed E-state index contributed by atoms with van der Waals surface area (Å²) in [5.41, 5.74) is 16.2. The van der Waals surface area contributed by atoms with Gasteiger partial charge in [-0.2, -0.15) is 0 Å².